The van der Waals surface area contributed by atoms with E-state index in [4.69, 9.17) is 0 Å². The van der Waals surface area contributed by atoms with E-state index in [1.54, 1.807) is 11.3 Å². The van der Waals surface area contributed by atoms with Gasteiger partial charge in [0.2, 0.25) is 0 Å². The molecule has 0 aliphatic carbocycles. The molecule has 0 spiro atoms. The van der Waals surface area contributed by atoms with Crippen LogP contribution in [0.4, 0.5) is 0 Å². The van der Waals surface area contributed by atoms with Crippen molar-refractivity contribution < 1.29 is 4.79 Å². The first kappa shape index (κ1) is 16.4. The number of Topliss-reactive ketones (excluding diaryl/α,β-unsaturated/α-hetero) is 1. The Morgan fingerprint density at radius 3 is 2.21 bits per heavy atom. The zero-order valence-electron chi connectivity index (χ0n) is 12.6. The van der Waals surface area contributed by atoms with Crippen LogP contribution < -0.4 is 0 Å². The molecule has 108 valence electrons. The van der Waals surface area contributed by atoms with Gasteiger partial charge in [-0.25, -0.2) is 0 Å². The Kier molecular flexibility index (Phi) is 7.99. The van der Waals surface area contributed by atoms with Crippen molar-refractivity contribution in [2.75, 3.05) is 19.6 Å². The predicted octanol–water partition coefficient (Wildman–Crippen LogP) is 4.40. The standard InChI is InChI=1S/C16H27NOS/c1-4-7-11-17(12-8-5-2)13-15(18)16-10-9-14(6-3)19-16/h9-10H,4-8,11-13H2,1-3H3. The normalized spacial score (nSPS) is 11.2. The summed E-state index contributed by atoms with van der Waals surface area (Å²) in [5.74, 6) is 0.289. The van der Waals surface area contributed by atoms with E-state index in [0.717, 1.165) is 24.4 Å². The number of rotatable bonds is 10. The summed E-state index contributed by atoms with van der Waals surface area (Å²) in [5, 5.41) is 0. The van der Waals surface area contributed by atoms with Crippen molar-refractivity contribution in [1.29, 1.82) is 0 Å². The summed E-state index contributed by atoms with van der Waals surface area (Å²) in [6, 6.07) is 4.07. The smallest absolute Gasteiger partial charge is 0.186 e. The van der Waals surface area contributed by atoms with Gasteiger partial charge in [0.1, 0.15) is 0 Å². The highest BCUT2D eigenvalue weighted by Gasteiger charge is 2.13. The van der Waals surface area contributed by atoms with Crippen molar-refractivity contribution in [3.05, 3.63) is 21.9 Å². The van der Waals surface area contributed by atoms with E-state index in [2.05, 4.69) is 31.7 Å². The molecule has 1 heterocycles. The van der Waals surface area contributed by atoms with Crippen LogP contribution >= 0.6 is 11.3 Å². The first-order valence-corrected chi connectivity index (χ1v) is 8.37. The molecule has 0 fully saturated rings. The second-order valence-electron chi connectivity index (χ2n) is 5.03. The van der Waals surface area contributed by atoms with Gasteiger partial charge in [0.15, 0.2) is 5.78 Å². The quantitative estimate of drug-likeness (QED) is 0.593. The number of nitrogens with zero attached hydrogens (tertiary/aromatic N) is 1. The van der Waals surface area contributed by atoms with Gasteiger partial charge in [-0.05, 0) is 44.5 Å². The van der Waals surface area contributed by atoms with Crippen molar-refractivity contribution in [3.8, 4) is 0 Å². The molecule has 0 aliphatic heterocycles. The minimum Gasteiger partial charge on any atom is -0.296 e. The highest BCUT2D eigenvalue weighted by atomic mass is 32.1. The Labute approximate surface area is 121 Å². The van der Waals surface area contributed by atoms with Gasteiger partial charge < -0.3 is 0 Å². The largest absolute Gasteiger partial charge is 0.296 e. The van der Waals surface area contributed by atoms with E-state index in [1.807, 2.05) is 6.07 Å². The fourth-order valence-corrected chi connectivity index (χ4v) is 2.91. The summed E-state index contributed by atoms with van der Waals surface area (Å²) in [5.41, 5.74) is 0. The average Bonchev–Trinajstić information content (AvgIpc) is 2.90. The number of carbonyl (C=O) groups is 1. The summed E-state index contributed by atoms with van der Waals surface area (Å²) >= 11 is 1.65. The minimum atomic E-state index is 0.289. The Balaban J connectivity index is 2.53. The maximum Gasteiger partial charge on any atom is 0.186 e. The number of ketones is 1. The van der Waals surface area contributed by atoms with Gasteiger partial charge in [0.25, 0.3) is 0 Å². The van der Waals surface area contributed by atoms with E-state index in [9.17, 15) is 4.79 Å². The van der Waals surface area contributed by atoms with Crippen LogP contribution in [0.3, 0.4) is 0 Å². The highest BCUT2D eigenvalue weighted by Crippen LogP contribution is 2.18. The van der Waals surface area contributed by atoms with Crippen LogP contribution in [0.5, 0.6) is 0 Å². The maximum atomic E-state index is 12.3. The molecule has 3 heteroatoms. The third-order valence-corrected chi connectivity index (χ3v) is 4.58. The van der Waals surface area contributed by atoms with E-state index in [-0.39, 0.29) is 5.78 Å². The second-order valence-corrected chi connectivity index (χ2v) is 6.19. The SMILES string of the molecule is CCCCN(CCCC)CC(=O)c1ccc(CC)s1. The lowest BCUT2D eigenvalue weighted by atomic mass is 10.2. The molecule has 2 nitrogen and oxygen atoms in total. The molecule has 0 saturated heterocycles. The Morgan fingerprint density at radius 1 is 1.11 bits per heavy atom. The van der Waals surface area contributed by atoms with Gasteiger partial charge >= 0.3 is 0 Å². The molecule has 0 N–H and O–H groups in total. The summed E-state index contributed by atoms with van der Waals surface area (Å²) in [6.07, 6.45) is 5.77. The van der Waals surface area contributed by atoms with E-state index >= 15 is 0 Å². The van der Waals surface area contributed by atoms with Gasteiger partial charge in [0, 0.05) is 4.88 Å². The lowest BCUT2D eigenvalue weighted by Crippen LogP contribution is -2.31. The van der Waals surface area contributed by atoms with Crippen molar-refractivity contribution in [1.82, 2.24) is 4.90 Å². The summed E-state index contributed by atoms with van der Waals surface area (Å²) in [7, 11) is 0. The Morgan fingerprint density at radius 2 is 1.74 bits per heavy atom. The zero-order valence-corrected chi connectivity index (χ0v) is 13.4. The summed E-state index contributed by atoms with van der Waals surface area (Å²) in [4.78, 5) is 16.8. The number of thiophene rings is 1. The lowest BCUT2D eigenvalue weighted by Gasteiger charge is -2.20. The molecule has 1 aromatic rings. The summed E-state index contributed by atoms with van der Waals surface area (Å²) < 4.78 is 0. The lowest BCUT2D eigenvalue weighted by molar-refractivity contribution is 0.0932. The number of hydrogen-bond acceptors (Lipinski definition) is 3. The third kappa shape index (κ3) is 5.87. The molecule has 0 radical (unpaired) electrons. The monoisotopic (exact) mass is 281 g/mol. The molecular formula is C16H27NOS. The topological polar surface area (TPSA) is 20.3 Å². The van der Waals surface area contributed by atoms with Gasteiger partial charge in [-0.3, -0.25) is 9.69 Å². The maximum absolute atomic E-state index is 12.3. The fourth-order valence-electron chi connectivity index (χ4n) is 2.03. The number of aryl methyl sites for hydroxylation is 1. The number of carbonyl (C=O) groups excluding carboxylic acids is 1. The van der Waals surface area contributed by atoms with Crippen LogP contribution in [0, 0.1) is 0 Å². The molecule has 0 bridgehead atoms. The first-order valence-electron chi connectivity index (χ1n) is 7.55. The van der Waals surface area contributed by atoms with Crippen LogP contribution in [0.15, 0.2) is 12.1 Å². The molecule has 0 unspecified atom stereocenters. The van der Waals surface area contributed by atoms with Crippen LogP contribution in [-0.2, 0) is 6.42 Å². The Bertz CT molecular complexity index is 365. The third-order valence-electron chi connectivity index (χ3n) is 3.31. The fraction of sp³-hybridized carbons (Fsp3) is 0.688. The molecular weight excluding hydrogens is 254 g/mol. The van der Waals surface area contributed by atoms with Gasteiger partial charge in [0.05, 0.1) is 11.4 Å². The van der Waals surface area contributed by atoms with Gasteiger partial charge in [-0.1, -0.05) is 33.6 Å². The van der Waals surface area contributed by atoms with Crippen molar-refractivity contribution in [2.45, 2.75) is 52.9 Å². The molecule has 0 saturated carbocycles. The number of unbranched alkanes of at least 4 members (excludes halogenated alkanes) is 2. The first-order chi connectivity index (χ1) is 9.21. The van der Waals surface area contributed by atoms with Crippen molar-refractivity contribution in [3.63, 3.8) is 0 Å². The highest BCUT2D eigenvalue weighted by molar-refractivity contribution is 7.14. The van der Waals surface area contributed by atoms with Crippen LogP contribution in [0.25, 0.3) is 0 Å². The molecule has 0 amide bonds. The molecule has 0 atom stereocenters. The molecule has 19 heavy (non-hydrogen) atoms. The number of hydrogen-bond donors (Lipinski definition) is 0. The van der Waals surface area contributed by atoms with Crippen molar-refractivity contribution in [2.24, 2.45) is 0 Å². The summed E-state index contributed by atoms with van der Waals surface area (Å²) in [6.45, 7) is 9.22. The molecule has 1 rings (SSSR count). The van der Waals surface area contributed by atoms with E-state index in [1.165, 1.54) is 30.6 Å². The van der Waals surface area contributed by atoms with Crippen LogP contribution in [0.2, 0.25) is 0 Å². The predicted molar refractivity (Wildman–Crippen MR) is 84.3 cm³/mol. The molecule has 1 aromatic heterocycles. The van der Waals surface area contributed by atoms with Gasteiger partial charge in [-0.2, -0.15) is 0 Å². The Hall–Kier alpha value is -0.670. The van der Waals surface area contributed by atoms with E-state index < -0.39 is 0 Å². The minimum absolute atomic E-state index is 0.289. The van der Waals surface area contributed by atoms with Crippen LogP contribution in [-0.4, -0.2) is 30.3 Å². The average molecular weight is 281 g/mol. The van der Waals surface area contributed by atoms with Crippen molar-refractivity contribution >= 4 is 17.1 Å². The molecule has 0 aliphatic rings. The van der Waals surface area contributed by atoms with Gasteiger partial charge in [-0.15, -0.1) is 11.3 Å². The second kappa shape index (κ2) is 9.27. The zero-order chi connectivity index (χ0) is 14.1. The molecule has 0 aromatic carbocycles. The van der Waals surface area contributed by atoms with E-state index in [0.29, 0.717) is 6.54 Å². The van der Waals surface area contributed by atoms with Crippen LogP contribution in [0.1, 0.15) is 61.0 Å².